The Morgan fingerprint density at radius 3 is 2.60 bits per heavy atom. The fraction of sp³-hybridized carbons (Fsp3) is 0.588. The van der Waals surface area contributed by atoms with Crippen molar-refractivity contribution in [1.29, 1.82) is 0 Å². The summed E-state index contributed by atoms with van der Waals surface area (Å²) in [5.41, 5.74) is 2.32. The van der Waals surface area contributed by atoms with Crippen LogP contribution in [0.2, 0.25) is 0 Å². The highest BCUT2D eigenvalue weighted by molar-refractivity contribution is 14.0. The second-order valence-electron chi connectivity index (χ2n) is 5.66. The van der Waals surface area contributed by atoms with Crippen LogP contribution >= 0.6 is 46.7 Å². The summed E-state index contributed by atoms with van der Waals surface area (Å²) in [6.07, 6.45) is 1.90. The summed E-state index contributed by atoms with van der Waals surface area (Å²) in [4.78, 5) is 17.4. The van der Waals surface area contributed by atoms with Crippen LogP contribution in [0.3, 0.4) is 0 Å². The molecule has 2 aromatic rings. The monoisotopic (exact) mass is 493 g/mol. The van der Waals surface area contributed by atoms with Gasteiger partial charge in [-0.3, -0.25) is 4.99 Å². The third-order valence-electron chi connectivity index (χ3n) is 3.62. The van der Waals surface area contributed by atoms with Crippen molar-refractivity contribution in [2.75, 3.05) is 20.1 Å². The molecule has 0 aliphatic carbocycles. The van der Waals surface area contributed by atoms with Crippen molar-refractivity contribution in [2.24, 2.45) is 4.99 Å². The lowest BCUT2D eigenvalue weighted by Gasteiger charge is -2.21. The summed E-state index contributed by atoms with van der Waals surface area (Å²) in [6.45, 7) is 10.8. The number of hydrogen-bond donors (Lipinski definition) is 1. The largest absolute Gasteiger partial charge is 0.357 e. The average molecular weight is 493 g/mol. The lowest BCUT2D eigenvalue weighted by molar-refractivity contribution is 0.471. The van der Waals surface area contributed by atoms with Gasteiger partial charge in [0.2, 0.25) is 0 Å². The summed E-state index contributed by atoms with van der Waals surface area (Å²) in [7, 11) is 2.05. The van der Waals surface area contributed by atoms with E-state index in [1.165, 1.54) is 15.6 Å². The molecular weight excluding hydrogens is 465 g/mol. The molecule has 2 heterocycles. The zero-order valence-electron chi connectivity index (χ0n) is 15.6. The van der Waals surface area contributed by atoms with Gasteiger partial charge in [0, 0.05) is 36.8 Å². The van der Waals surface area contributed by atoms with E-state index < -0.39 is 0 Å². The number of hydrogen-bond acceptors (Lipinski definition) is 5. The molecule has 140 valence electrons. The highest BCUT2D eigenvalue weighted by Crippen LogP contribution is 2.18. The summed E-state index contributed by atoms with van der Waals surface area (Å²) >= 11 is 3.48. The van der Waals surface area contributed by atoms with E-state index in [0.29, 0.717) is 0 Å². The molecule has 8 heteroatoms. The van der Waals surface area contributed by atoms with Gasteiger partial charge in [0.15, 0.2) is 5.96 Å². The Kier molecular flexibility index (Phi) is 9.88. The number of guanidine groups is 1. The number of aliphatic imine (C=N–C) groups is 1. The first-order chi connectivity index (χ1) is 11.5. The van der Waals surface area contributed by atoms with Crippen molar-refractivity contribution in [3.8, 4) is 0 Å². The maximum atomic E-state index is 4.75. The third kappa shape index (κ3) is 6.82. The van der Waals surface area contributed by atoms with E-state index in [1.54, 1.807) is 22.7 Å². The molecule has 2 aromatic heterocycles. The molecule has 2 rings (SSSR count). The van der Waals surface area contributed by atoms with Crippen LogP contribution in [0.1, 0.15) is 40.1 Å². The maximum Gasteiger partial charge on any atom is 0.194 e. The molecule has 0 amide bonds. The van der Waals surface area contributed by atoms with E-state index in [-0.39, 0.29) is 24.0 Å². The standard InChI is InChI=1S/C17H27N5S2.HI/c1-6-15-12(3)24-16(21-15)8-9-19-17(18-7-2)22(5)10-14-11-23-13(4)20-14;/h11H,6-10H2,1-5H3,(H,18,19);1H. The summed E-state index contributed by atoms with van der Waals surface area (Å²) in [6, 6.07) is 0. The number of halogens is 1. The van der Waals surface area contributed by atoms with Gasteiger partial charge in [0.1, 0.15) is 0 Å². The van der Waals surface area contributed by atoms with Gasteiger partial charge in [-0.2, -0.15) is 0 Å². The molecule has 0 aliphatic rings. The van der Waals surface area contributed by atoms with Crippen LogP contribution in [0.15, 0.2) is 10.4 Å². The van der Waals surface area contributed by atoms with Crippen LogP contribution in [-0.4, -0.2) is 41.0 Å². The maximum absolute atomic E-state index is 4.75. The smallest absolute Gasteiger partial charge is 0.194 e. The van der Waals surface area contributed by atoms with Crippen molar-refractivity contribution in [2.45, 2.75) is 47.1 Å². The van der Waals surface area contributed by atoms with Gasteiger partial charge in [-0.15, -0.1) is 46.7 Å². The van der Waals surface area contributed by atoms with Gasteiger partial charge in [-0.1, -0.05) is 6.92 Å². The van der Waals surface area contributed by atoms with Crippen molar-refractivity contribution in [1.82, 2.24) is 20.2 Å². The molecule has 0 aliphatic heterocycles. The minimum absolute atomic E-state index is 0. The normalized spacial score (nSPS) is 11.3. The number of thiazole rings is 2. The molecule has 25 heavy (non-hydrogen) atoms. The average Bonchev–Trinajstić information content (AvgIpc) is 3.11. The predicted octanol–water partition coefficient (Wildman–Crippen LogP) is 4.04. The number of rotatable bonds is 7. The Hall–Kier alpha value is -0.740. The second-order valence-corrected chi connectivity index (χ2v) is 8.01. The van der Waals surface area contributed by atoms with Gasteiger partial charge >= 0.3 is 0 Å². The quantitative estimate of drug-likeness (QED) is 0.360. The van der Waals surface area contributed by atoms with Crippen molar-refractivity contribution in [3.63, 3.8) is 0 Å². The molecule has 1 N–H and O–H groups in total. The number of aromatic nitrogens is 2. The summed E-state index contributed by atoms with van der Waals surface area (Å²) < 4.78 is 0. The summed E-state index contributed by atoms with van der Waals surface area (Å²) in [5.74, 6) is 0.923. The molecule has 0 unspecified atom stereocenters. The Morgan fingerprint density at radius 2 is 2.04 bits per heavy atom. The Labute approximate surface area is 176 Å². The minimum atomic E-state index is 0. The van der Waals surface area contributed by atoms with E-state index >= 15 is 0 Å². The van der Waals surface area contributed by atoms with Crippen LogP contribution in [-0.2, 0) is 19.4 Å². The molecular formula is C17H28IN5S2. The third-order valence-corrected chi connectivity index (χ3v) is 5.52. The van der Waals surface area contributed by atoms with E-state index in [4.69, 9.17) is 9.98 Å². The highest BCUT2D eigenvalue weighted by Gasteiger charge is 2.09. The van der Waals surface area contributed by atoms with E-state index in [9.17, 15) is 0 Å². The molecule has 0 atom stereocenters. The molecule has 0 spiro atoms. The molecule has 5 nitrogen and oxygen atoms in total. The first-order valence-corrected chi connectivity index (χ1v) is 10.1. The second kappa shape index (κ2) is 11.1. The molecule has 0 saturated carbocycles. The first kappa shape index (κ1) is 22.3. The van der Waals surface area contributed by atoms with Crippen LogP contribution in [0, 0.1) is 13.8 Å². The summed E-state index contributed by atoms with van der Waals surface area (Å²) in [5, 5.41) is 7.75. The Balaban J connectivity index is 0.00000312. The van der Waals surface area contributed by atoms with Gasteiger partial charge in [0.25, 0.3) is 0 Å². The molecule has 0 saturated heterocycles. The van der Waals surface area contributed by atoms with Crippen molar-refractivity contribution >= 4 is 52.6 Å². The van der Waals surface area contributed by atoms with Gasteiger partial charge < -0.3 is 10.2 Å². The molecule has 0 bridgehead atoms. The van der Waals surface area contributed by atoms with Gasteiger partial charge in [-0.25, -0.2) is 9.97 Å². The minimum Gasteiger partial charge on any atom is -0.357 e. The van der Waals surface area contributed by atoms with Crippen molar-refractivity contribution in [3.05, 3.63) is 31.7 Å². The lowest BCUT2D eigenvalue weighted by Crippen LogP contribution is -2.38. The first-order valence-electron chi connectivity index (χ1n) is 8.39. The molecule has 0 aromatic carbocycles. The van der Waals surface area contributed by atoms with Gasteiger partial charge in [-0.05, 0) is 27.2 Å². The fourth-order valence-corrected chi connectivity index (χ4v) is 4.06. The molecule has 0 fully saturated rings. The lowest BCUT2D eigenvalue weighted by atomic mass is 10.3. The fourth-order valence-electron chi connectivity index (χ4n) is 2.45. The Bertz CT molecular complexity index is 680. The highest BCUT2D eigenvalue weighted by atomic mass is 127. The van der Waals surface area contributed by atoms with Crippen LogP contribution in [0.4, 0.5) is 0 Å². The van der Waals surface area contributed by atoms with Crippen molar-refractivity contribution < 1.29 is 0 Å². The molecule has 0 radical (unpaired) electrons. The van der Waals surface area contributed by atoms with E-state index in [1.807, 2.05) is 6.92 Å². The Morgan fingerprint density at radius 1 is 1.28 bits per heavy atom. The number of aryl methyl sites for hydroxylation is 3. The SMILES string of the molecule is CCNC(=NCCc1nc(CC)c(C)s1)N(C)Cc1csc(C)n1.I. The zero-order chi connectivity index (χ0) is 17.5. The topological polar surface area (TPSA) is 53.4 Å². The van der Waals surface area contributed by atoms with E-state index in [0.717, 1.165) is 49.1 Å². The van der Waals surface area contributed by atoms with Gasteiger partial charge in [0.05, 0.1) is 27.9 Å². The number of nitrogens with one attached hydrogen (secondary N) is 1. The van der Waals surface area contributed by atoms with Crippen LogP contribution < -0.4 is 5.32 Å². The van der Waals surface area contributed by atoms with Crippen LogP contribution in [0.25, 0.3) is 0 Å². The van der Waals surface area contributed by atoms with Crippen LogP contribution in [0.5, 0.6) is 0 Å². The number of nitrogens with zero attached hydrogens (tertiary/aromatic N) is 4. The zero-order valence-corrected chi connectivity index (χ0v) is 19.6. The van der Waals surface area contributed by atoms with E-state index in [2.05, 4.69) is 48.4 Å². The predicted molar refractivity (Wildman–Crippen MR) is 120 cm³/mol.